The second kappa shape index (κ2) is 4.67. The minimum Gasteiger partial charge on any atom is -0.495 e. The van der Waals surface area contributed by atoms with Crippen molar-refractivity contribution in [3.8, 4) is 5.75 Å². The van der Waals surface area contributed by atoms with Crippen LogP contribution in [0.2, 0.25) is 5.02 Å². The second-order valence-electron chi connectivity index (χ2n) is 4.42. The van der Waals surface area contributed by atoms with Crippen LogP contribution in [0.3, 0.4) is 0 Å². The van der Waals surface area contributed by atoms with Crippen molar-refractivity contribution in [2.45, 2.75) is 31.3 Å². The second-order valence-corrected chi connectivity index (χ2v) is 4.82. The largest absolute Gasteiger partial charge is 0.495 e. The highest BCUT2D eigenvalue weighted by atomic mass is 35.5. The number of ketones is 1. The van der Waals surface area contributed by atoms with Crippen LogP contribution < -0.4 is 4.74 Å². The molecular weight excluding hydrogens is 240 g/mol. The summed E-state index contributed by atoms with van der Waals surface area (Å²) in [7, 11) is 1.50. The molecule has 0 heterocycles. The summed E-state index contributed by atoms with van der Waals surface area (Å²) in [4.78, 5) is 12.2. The van der Waals surface area contributed by atoms with Crippen LogP contribution in [0.25, 0.3) is 0 Å². The molecule has 1 fully saturated rings. The molecule has 0 aromatic heterocycles. The number of halogens is 1. The van der Waals surface area contributed by atoms with E-state index in [0.29, 0.717) is 29.2 Å². The number of hydrogen-bond acceptors (Lipinski definition) is 3. The first-order valence-corrected chi connectivity index (χ1v) is 6.05. The van der Waals surface area contributed by atoms with Gasteiger partial charge in [-0.1, -0.05) is 11.6 Å². The first-order valence-electron chi connectivity index (χ1n) is 5.67. The van der Waals surface area contributed by atoms with Crippen molar-refractivity contribution in [3.63, 3.8) is 0 Å². The molecule has 0 aliphatic heterocycles. The zero-order valence-corrected chi connectivity index (χ0v) is 10.5. The predicted octanol–water partition coefficient (Wildman–Crippen LogP) is 2.84. The Labute approximate surface area is 105 Å². The molecule has 1 aromatic rings. The molecule has 0 bridgehead atoms. The van der Waals surface area contributed by atoms with Crippen LogP contribution >= 0.6 is 11.6 Å². The first-order chi connectivity index (χ1) is 8.07. The lowest BCUT2D eigenvalue weighted by molar-refractivity contribution is 0.0353. The van der Waals surface area contributed by atoms with Crippen LogP contribution in [0.4, 0.5) is 0 Å². The number of aliphatic hydroxyl groups is 1. The smallest absolute Gasteiger partial charge is 0.194 e. The van der Waals surface area contributed by atoms with Gasteiger partial charge in [0.05, 0.1) is 12.1 Å². The molecule has 1 N–H and O–H groups in total. The summed E-state index contributed by atoms with van der Waals surface area (Å²) in [6, 6.07) is 4.83. The number of benzene rings is 1. The van der Waals surface area contributed by atoms with E-state index in [-0.39, 0.29) is 5.78 Å². The van der Waals surface area contributed by atoms with E-state index < -0.39 is 5.60 Å². The summed E-state index contributed by atoms with van der Waals surface area (Å²) in [6.45, 7) is 0. The average Bonchev–Trinajstić information content (AvgIpc) is 2.77. The van der Waals surface area contributed by atoms with Crippen molar-refractivity contribution >= 4 is 17.4 Å². The van der Waals surface area contributed by atoms with Gasteiger partial charge in [-0.2, -0.15) is 0 Å². The zero-order valence-electron chi connectivity index (χ0n) is 9.70. The molecule has 1 aliphatic carbocycles. The maximum Gasteiger partial charge on any atom is 0.194 e. The van der Waals surface area contributed by atoms with Gasteiger partial charge in [0.15, 0.2) is 5.78 Å². The molecule has 92 valence electrons. The van der Waals surface area contributed by atoms with E-state index in [2.05, 4.69) is 0 Å². The Bertz CT molecular complexity index is 436. The highest BCUT2D eigenvalue weighted by Gasteiger charge is 2.39. The molecule has 2 rings (SSSR count). The normalized spacial score (nSPS) is 18.1. The Morgan fingerprint density at radius 2 is 2.06 bits per heavy atom. The number of carbonyl (C=O) groups is 1. The molecule has 0 saturated heterocycles. The molecular formula is C13H15ClO3. The molecule has 0 radical (unpaired) electrons. The molecule has 4 heteroatoms. The monoisotopic (exact) mass is 254 g/mol. The maximum atomic E-state index is 12.2. The van der Waals surface area contributed by atoms with Gasteiger partial charge in [0.1, 0.15) is 11.4 Å². The molecule has 1 aromatic carbocycles. The molecule has 0 unspecified atom stereocenters. The van der Waals surface area contributed by atoms with E-state index in [1.54, 1.807) is 18.2 Å². The fourth-order valence-corrected chi connectivity index (χ4v) is 2.45. The van der Waals surface area contributed by atoms with Gasteiger partial charge >= 0.3 is 0 Å². The van der Waals surface area contributed by atoms with Crippen molar-refractivity contribution in [2.75, 3.05) is 7.11 Å². The number of carbonyl (C=O) groups excluding carboxylic acids is 1. The Kier molecular flexibility index (Phi) is 3.40. The van der Waals surface area contributed by atoms with Crippen LogP contribution in [-0.4, -0.2) is 23.6 Å². The zero-order chi connectivity index (χ0) is 12.5. The SMILES string of the molecule is COc1cc(C(=O)C2(O)CCCC2)ccc1Cl. The van der Waals surface area contributed by atoms with Gasteiger partial charge in [0.25, 0.3) is 0 Å². The molecule has 17 heavy (non-hydrogen) atoms. The Hall–Kier alpha value is -1.06. The van der Waals surface area contributed by atoms with E-state index in [4.69, 9.17) is 16.3 Å². The van der Waals surface area contributed by atoms with Gasteiger partial charge in [-0.15, -0.1) is 0 Å². The van der Waals surface area contributed by atoms with Crippen LogP contribution in [0.5, 0.6) is 5.75 Å². The lowest BCUT2D eigenvalue weighted by Crippen LogP contribution is -2.35. The quantitative estimate of drug-likeness (QED) is 0.844. The first kappa shape index (κ1) is 12.4. The van der Waals surface area contributed by atoms with E-state index in [1.165, 1.54) is 7.11 Å². The molecule has 0 amide bonds. The number of hydrogen-bond donors (Lipinski definition) is 1. The third kappa shape index (κ3) is 2.31. The summed E-state index contributed by atoms with van der Waals surface area (Å²) >= 11 is 5.90. The minimum absolute atomic E-state index is 0.232. The van der Waals surface area contributed by atoms with Crippen LogP contribution in [-0.2, 0) is 0 Å². The highest BCUT2D eigenvalue weighted by Crippen LogP contribution is 2.34. The van der Waals surface area contributed by atoms with Gasteiger partial charge in [-0.3, -0.25) is 4.79 Å². The summed E-state index contributed by atoms with van der Waals surface area (Å²) in [5, 5.41) is 10.7. The van der Waals surface area contributed by atoms with Crippen molar-refractivity contribution in [1.29, 1.82) is 0 Å². The van der Waals surface area contributed by atoms with E-state index in [9.17, 15) is 9.90 Å². The fraction of sp³-hybridized carbons (Fsp3) is 0.462. The predicted molar refractivity (Wildman–Crippen MR) is 65.8 cm³/mol. The number of rotatable bonds is 3. The van der Waals surface area contributed by atoms with Crippen molar-refractivity contribution in [3.05, 3.63) is 28.8 Å². The van der Waals surface area contributed by atoms with Crippen molar-refractivity contribution < 1.29 is 14.6 Å². The Morgan fingerprint density at radius 1 is 1.41 bits per heavy atom. The summed E-state index contributed by atoms with van der Waals surface area (Å²) in [6.07, 6.45) is 2.87. The lowest BCUT2D eigenvalue weighted by atomic mass is 9.91. The highest BCUT2D eigenvalue weighted by molar-refractivity contribution is 6.32. The third-order valence-corrected chi connectivity index (χ3v) is 3.58. The Morgan fingerprint density at radius 3 is 2.65 bits per heavy atom. The van der Waals surface area contributed by atoms with Gasteiger partial charge in [0, 0.05) is 5.56 Å². The van der Waals surface area contributed by atoms with Crippen LogP contribution in [0.15, 0.2) is 18.2 Å². The molecule has 3 nitrogen and oxygen atoms in total. The number of Topliss-reactive ketones (excluding diaryl/α,β-unsaturated/α-hetero) is 1. The van der Waals surface area contributed by atoms with E-state index >= 15 is 0 Å². The minimum atomic E-state index is -1.20. The summed E-state index contributed by atoms with van der Waals surface area (Å²) in [5.41, 5.74) is -0.741. The molecule has 0 spiro atoms. The standard InChI is InChI=1S/C13H15ClO3/c1-17-11-8-9(4-5-10(11)14)12(15)13(16)6-2-3-7-13/h4-5,8,16H,2-3,6-7H2,1H3. The van der Waals surface area contributed by atoms with Crippen molar-refractivity contribution in [1.82, 2.24) is 0 Å². The van der Waals surface area contributed by atoms with E-state index in [1.807, 2.05) is 0 Å². The van der Waals surface area contributed by atoms with Crippen molar-refractivity contribution in [2.24, 2.45) is 0 Å². The molecule has 0 atom stereocenters. The van der Waals surface area contributed by atoms with Gasteiger partial charge in [-0.25, -0.2) is 0 Å². The van der Waals surface area contributed by atoms with Gasteiger partial charge in [0.2, 0.25) is 0 Å². The molecule has 1 aliphatic rings. The van der Waals surface area contributed by atoms with Gasteiger partial charge in [-0.05, 0) is 43.9 Å². The van der Waals surface area contributed by atoms with Crippen LogP contribution in [0, 0.1) is 0 Å². The van der Waals surface area contributed by atoms with E-state index in [0.717, 1.165) is 12.8 Å². The van der Waals surface area contributed by atoms with Crippen LogP contribution in [0.1, 0.15) is 36.0 Å². The summed E-state index contributed by atoms with van der Waals surface area (Å²) in [5.74, 6) is 0.226. The summed E-state index contributed by atoms with van der Waals surface area (Å²) < 4.78 is 5.07. The maximum absolute atomic E-state index is 12.2. The average molecular weight is 255 g/mol. The van der Waals surface area contributed by atoms with Gasteiger partial charge < -0.3 is 9.84 Å². The number of ether oxygens (including phenoxy) is 1. The fourth-order valence-electron chi connectivity index (χ4n) is 2.26. The third-order valence-electron chi connectivity index (χ3n) is 3.27. The molecule has 1 saturated carbocycles. The number of methoxy groups -OCH3 is 1. The lowest BCUT2D eigenvalue weighted by Gasteiger charge is -2.20. The topological polar surface area (TPSA) is 46.5 Å². The Balaban J connectivity index is 2.31.